The quantitative estimate of drug-likeness (QED) is 0.594. The minimum atomic E-state index is -0.342. The van der Waals surface area contributed by atoms with Crippen LogP contribution in [-0.2, 0) is 20.9 Å². The minimum Gasteiger partial charge on any atom is -0.460 e. The summed E-state index contributed by atoms with van der Waals surface area (Å²) in [6.07, 6.45) is 1.76. The van der Waals surface area contributed by atoms with Crippen LogP contribution >= 0.6 is 22.6 Å². The fourth-order valence-electron chi connectivity index (χ4n) is 1.05. The molecule has 1 rings (SSSR count). The van der Waals surface area contributed by atoms with E-state index in [2.05, 4.69) is 22.6 Å². The van der Waals surface area contributed by atoms with Crippen LogP contribution in [0.1, 0.15) is 5.56 Å². The Morgan fingerprint density at radius 2 is 2.06 bits per heavy atom. The van der Waals surface area contributed by atoms with E-state index in [1.54, 1.807) is 10.2 Å². The van der Waals surface area contributed by atoms with Crippen LogP contribution in [0.5, 0.6) is 0 Å². The topological polar surface area (TPSA) is 35.5 Å². The van der Waals surface area contributed by atoms with Crippen molar-refractivity contribution in [2.45, 2.75) is 6.61 Å². The number of hydrogen-bond acceptors (Lipinski definition) is 3. The zero-order valence-corrected chi connectivity index (χ0v) is 10.9. The Balaban J connectivity index is 2.13. The summed E-state index contributed by atoms with van der Waals surface area (Å²) in [6.45, 7) is 0.721. The van der Waals surface area contributed by atoms with Gasteiger partial charge in [-0.15, -0.1) is 0 Å². The number of hydrogen-bond donors (Lipinski definition) is 0. The van der Waals surface area contributed by atoms with E-state index >= 15 is 0 Å². The Hall–Kier alpha value is -0.880. The van der Waals surface area contributed by atoms with Crippen LogP contribution in [0.15, 0.2) is 40.5 Å². The average Bonchev–Trinajstić information content (AvgIpc) is 2.31. The summed E-state index contributed by atoms with van der Waals surface area (Å²) in [5, 5.41) is 0. The highest BCUT2D eigenvalue weighted by Gasteiger charge is 2.01. The van der Waals surface area contributed by atoms with E-state index in [1.807, 2.05) is 30.3 Å². The summed E-state index contributed by atoms with van der Waals surface area (Å²) in [5.41, 5.74) is 1.04. The first-order chi connectivity index (χ1) is 7.83. The molecule has 0 saturated heterocycles. The van der Waals surface area contributed by atoms with Gasteiger partial charge in [-0.05, 0) is 15.7 Å². The molecule has 0 saturated carbocycles. The van der Waals surface area contributed by atoms with E-state index < -0.39 is 0 Å². The largest absolute Gasteiger partial charge is 0.460 e. The van der Waals surface area contributed by atoms with Crippen LogP contribution in [0.2, 0.25) is 0 Å². The fourth-order valence-corrected chi connectivity index (χ4v) is 1.25. The van der Waals surface area contributed by atoms with Crippen LogP contribution in [0.3, 0.4) is 0 Å². The molecule has 0 bridgehead atoms. The van der Waals surface area contributed by atoms with Gasteiger partial charge in [-0.2, -0.15) is 0 Å². The zero-order chi connectivity index (χ0) is 11.6. The smallest absolute Gasteiger partial charge is 0.332 e. The molecule has 0 aliphatic rings. The molecule has 3 nitrogen and oxygen atoms in total. The van der Waals surface area contributed by atoms with Gasteiger partial charge < -0.3 is 9.47 Å². The van der Waals surface area contributed by atoms with Crippen molar-refractivity contribution < 1.29 is 14.3 Å². The molecule has 0 aliphatic carbocycles. The van der Waals surface area contributed by atoms with E-state index in [0.717, 1.165) is 5.56 Å². The van der Waals surface area contributed by atoms with E-state index in [-0.39, 0.29) is 12.6 Å². The SMILES string of the molecule is O=C(COCc1ccccc1)OC/C=C/I. The van der Waals surface area contributed by atoms with E-state index in [9.17, 15) is 4.79 Å². The second-order valence-corrected chi connectivity index (χ2v) is 3.74. The molecule has 0 spiro atoms. The van der Waals surface area contributed by atoms with E-state index in [0.29, 0.717) is 13.2 Å². The number of halogens is 1. The van der Waals surface area contributed by atoms with Crippen molar-refractivity contribution in [2.24, 2.45) is 0 Å². The van der Waals surface area contributed by atoms with Gasteiger partial charge in [-0.3, -0.25) is 0 Å². The summed E-state index contributed by atoms with van der Waals surface area (Å²) in [5.74, 6) is -0.342. The Kier molecular flexibility index (Phi) is 6.83. The van der Waals surface area contributed by atoms with Gasteiger partial charge in [0, 0.05) is 0 Å². The highest BCUT2D eigenvalue weighted by Crippen LogP contribution is 2.00. The molecule has 0 N–H and O–H groups in total. The highest BCUT2D eigenvalue weighted by atomic mass is 127. The molecule has 1 aromatic carbocycles. The predicted octanol–water partition coefficient (Wildman–Crippen LogP) is 2.70. The molecular weight excluding hydrogens is 319 g/mol. The van der Waals surface area contributed by atoms with Crippen molar-refractivity contribution in [3.63, 3.8) is 0 Å². The lowest BCUT2D eigenvalue weighted by atomic mass is 10.2. The molecule has 86 valence electrons. The maximum atomic E-state index is 11.1. The van der Waals surface area contributed by atoms with Gasteiger partial charge in [0.2, 0.25) is 0 Å². The molecule has 0 heterocycles. The molecule has 0 aromatic heterocycles. The lowest BCUT2D eigenvalue weighted by Crippen LogP contribution is -2.12. The molecular formula is C12H13IO3. The maximum absolute atomic E-state index is 11.1. The average molecular weight is 332 g/mol. The second kappa shape index (κ2) is 8.29. The fraction of sp³-hybridized carbons (Fsp3) is 0.250. The monoisotopic (exact) mass is 332 g/mol. The van der Waals surface area contributed by atoms with Crippen LogP contribution in [-0.4, -0.2) is 19.2 Å². The molecule has 4 heteroatoms. The third-order valence-corrected chi connectivity index (χ3v) is 2.27. The molecule has 1 aromatic rings. The summed E-state index contributed by atoms with van der Waals surface area (Å²) < 4.78 is 11.9. The van der Waals surface area contributed by atoms with Crippen molar-refractivity contribution >= 4 is 28.6 Å². The summed E-state index contributed by atoms with van der Waals surface area (Å²) >= 11 is 2.07. The third kappa shape index (κ3) is 5.87. The van der Waals surface area contributed by atoms with Gasteiger partial charge >= 0.3 is 5.97 Å². The third-order valence-electron chi connectivity index (χ3n) is 1.76. The van der Waals surface area contributed by atoms with Crippen molar-refractivity contribution in [2.75, 3.05) is 13.2 Å². The minimum absolute atomic E-state index is 0.00994. The molecule has 0 unspecified atom stereocenters. The van der Waals surface area contributed by atoms with Crippen molar-refractivity contribution in [3.05, 3.63) is 46.1 Å². The van der Waals surface area contributed by atoms with Gasteiger partial charge in [0.05, 0.1) is 6.61 Å². The lowest BCUT2D eigenvalue weighted by Gasteiger charge is -2.03. The van der Waals surface area contributed by atoms with Gasteiger partial charge in [0.15, 0.2) is 0 Å². The number of carbonyl (C=O) groups is 1. The highest BCUT2D eigenvalue weighted by molar-refractivity contribution is 14.1. The Morgan fingerprint density at radius 3 is 2.75 bits per heavy atom. The number of ether oxygens (including phenoxy) is 2. The summed E-state index contributed by atoms with van der Waals surface area (Å²) in [6, 6.07) is 9.70. The Labute approximate surface area is 109 Å². The number of carbonyl (C=O) groups excluding carboxylic acids is 1. The van der Waals surface area contributed by atoms with Crippen LogP contribution in [0.25, 0.3) is 0 Å². The summed E-state index contributed by atoms with van der Waals surface area (Å²) in [4.78, 5) is 11.1. The standard InChI is InChI=1S/C12H13IO3/c13-7-4-8-16-12(14)10-15-9-11-5-2-1-3-6-11/h1-7H,8-10H2/b7-4+. The molecule has 0 amide bonds. The van der Waals surface area contributed by atoms with Gasteiger partial charge in [-0.25, -0.2) is 4.79 Å². The first kappa shape index (κ1) is 13.2. The van der Waals surface area contributed by atoms with E-state index in [1.165, 1.54) is 0 Å². The van der Waals surface area contributed by atoms with Gasteiger partial charge in [0.25, 0.3) is 0 Å². The molecule has 0 atom stereocenters. The Morgan fingerprint density at radius 1 is 1.31 bits per heavy atom. The first-order valence-electron chi connectivity index (χ1n) is 4.85. The van der Waals surface area contributed by atoms with Crippen molar-refractivity contribution in [1.82, 2.24) is 0 Å². The number of rotatable bonds is 6. The summed E-state index contributed by atoms with van der Waals surface area (Å²) in [7, 11) is 0. The van der Waals surface area contributed by atoms with Crippen molar-refractivity contribution in [1.29, 1.82) is 0 Å². The van der Waals surface area contributed by atoms with Crippen molar-refractivity contribution in [3.8, 4) is 0 Å². The normalized spacial score (nSPS) is 10.6. The van der Waals surface area contributed by atoms with E-state index in [4.69, 9.17) is 9.47 Å². The Bertz CT molecular complexity index is 335. The molecule has 0 fully saturated rings. The molecule has 16 heavy (non-hydrogen) atoms. The first-order valence-corrected chi connectivity index (χ1v) is 6.10. The maximum Gasteiger partial charge on any atom is 0.332 e. The number of benzene rings is 1. The van der Waals surface area contributed by atoms with Crippen LogP contribution in [0, 0.1) is 0 Å². The van der Waals surface area contributed by atoms with Gasteiger partial charge in [-0.1, -0.05) is 52.9 Å². The predicted molar refractivity (Wildman–Crippen MR) is 70.2 cm³/mol. The molecule has 0 aliphatic heterocycles. The lowest BCUT2D eigenvalue weighted by molar-refractivity contribution is -0.148. The molecule has 0 radical (unpaired) electrons. The second-order valence-electron chi connectivity index (χ2n) is 3.02. The number of esters is 1. The van der Waals surface area contributed by atoms with Gasteiger partial charge in [0.1, 0.15) is 13.2 Å². The van der Waals surface area contributed by atoms with Crippen LogP contribution < -0.4 is 0 Å². The zero-order valence-electron chi connectivity index (χ0n) is 8.77. The van der Waals surface area contributed by atoms with Crippen LogP contribution in [0.4, 0.5) is 0 Å².